The maximum Gasteiger partial charge on any atom is 0.120 e. The molecule has 2 rings (SSSR count). The van der Waals surface area contributed by atoms with Gasteiger partial charge in [-0.15, -0.1) is 0 Å². The summed E-state index contributed by atoms with van der Waals surface area (Å²) in [5.74, 6) is 0.969. The van der Waals surface area contributed by atoms with Crippen molar-refractivity contribution in [2.75, 3.05) is 7.11 Å². The number of phenolic OH excluding ortho intramolecular Hbond substituents is 1. The number of phenols is 1. The van der Waals surface area contributed by atoms with E-state index in [4.69, 9.17) is 10.5 Å². The minimum Gasteiger partial charge on any atom is -0.508 e. The molecule has 1 atom stereocenters. The Morgan fingerprint density at radius 1 is 1.12 bits per heavy atom. The Bertz CT molecular complexity index is 511. The summed E-state index contributed by atoms with van der Waals surface area (Å²) in [7, 11) is 1.62. The van der Waals surface area contributed by atoms with Gasteiger partial charge >= 0.3 is 0 Å². The van der Waals surface area contributed by atoms with E-state index in [1.165, 1.54) is 0 Å². The Balaban J connectivity index is 2.37. The van der Waals surface area contributed by atoms with Gasteiger partial charge < -0.3 is 15.6 Å². The maximum atomic E-state index is 9.76. The van der Waals surface area contributed by atoms with Crippen molar-refractivity contribution >= 4 is 0 Å². The Hall–Kier alpha value is -2.00. The molecule has 0 aliphatic heterocycles. The first kappa shape index (κ1) is 11.5. The molecule has 0 unspecified atom stereocenters. The fraction of sp³-hybridized carbons (Fsp3) is 0.143. The molecule has 0 spiro atoms. The SMILES string of the molecule is COc1cccc([C@H](N)c2ccccc2O)c1. The number of hydrogen-bond acceptors (Lipinski definition) is 3. The highest BCUT2D eigenvalue weighted by atomic mass is 16.5. The van der Waals surface area contributed by atoms with Gasteiger partial charge in [-0.1, -0.05) is 30.3 Å². The molecule has 0 aliphatic carbocycles. The molecule has 2 aromatic rings. The van der Waals surface area contributed by atoms with Crippen molar-refractivity contribution in [3.8, 4) is 11.5 Å². The predicted molar refractivity (Wildman–Crippen MR) is 67.1 cm³/mol. The fourth-order valence-corrected chi connectivity index (χ4v) is 1.77. The third kappa shape index (κ3) is 2.40. The highest BCUT2D eigenvalue weighted by molar-refractivity contribution is 5.42. The topological polar surface area (TPSA) is 55.5 Å². The fourth-order valence-electron chi connectivity index (χ4n) is 1.77. The average molecular weight is 229 g/mol. The smallest absolute Gasteiger partial charge is 0.120 e. The number of benzene rings is 2. The molecule has 0 saturated heterocycles. The molecule has 17 heavy (non-hydrogen) atoms. The molecule has 3 N–H and O–H groups in total. The van der Waals surface area contributed by atoms with Gasteiger partial charge in [-0.25, -0.2) is 0 Å². The van der Waals surface area contributed by atoms with E-state index in [9.17, 15) is 5.11 Å². The summed E-state index contributed by atoms with van der Waals surface area (Å²) in [5, 5.41) is 9.76. The average Bonchev–Trinajstić information content (AvgIpc) is 2.38. The van der Waals surface area contributed by atoms with Crippen LogP contribution in [0.3, 0.4) is 0 Å². The third-order valence-corrected chi connectivity index (χ3v) is 2.72. The van der Waals surface area contributed by atoms with Gasteiger partial charge in [-0.2, -0.15) is 0 Å². The zero-order chi connectivity index (χ0) is 12.3. The summed E-state index contributed by atoms with van der Waals surface area (Å²) in [5.41, 5.74) is 7.74. The Morgan fingerprint density at radius 3 is 2.59 bits per heavy atom. The van der Waals surface area contributed by atoms with E-state index in [1.807, 2.05) is 36.4 Å². The number of hydrogen-bond donors (Lipinski definition) is 2. The first-order chi connectivity index (χ1) is 8.22. The summed E-state index contributed by atoms with van der Waals surface area (Å²) < 4.78 is 5.15. The predicted octanol–water partition coefficient (Wildman–Crippen LogP) is 2.45. The van der Waals surface area contributed by atoms with Crippen LogP contribution in [0.4, 0.5) is 0 Å². The lowest BCUT2D eigenvalue weighted by atomic mass is 9.99. The molecule has 2 aromatic carbocycles. The summed E-state index contributed by atoms with van der Waals surface area (Å²) >= 11 is 0. The number of ether oxygens (including phenoxy) is 1. The third-order valence-electron chi connectivity index (χ3n) is 2.72. The highest BCUT2D eigenvalue weighted by Crippen LogP contribution is 2.28. The minimum atomic E-state index is -0.355. The lowest BCUT2D eigenvalue weighted by Gasteiger charge is -2.14. The monoisotopic (exact) mass is 229 g/mol. The molecule has 0 saturated carbocycles. The molecule has 0 amide bonds. The van der Waals surface area contributed by atoms with E-state index in [0.29, 0.717) is 5.56 Å². The second-order valence-electron chi connectivity index (χ2n) is 3.81. The number of methoxy groups -OCH3 is 1. The second kappa shape index (κ2) is 4.89. The van der Waals surface area contributed by atoms with Gasteiger partial charge in [0.25, 0.3) is 0 Å². The van der Waals surface area contributed by atoms with Gasteiger partial charge in [-0.3, -0.25) is 0 Å². The van der Waals surface area contributed by atoms with Crippen molar-refractivity contribution in [3.63, 3.8) is 0 Å². The van der Waals surface area contributed by atoms with Crippen molar-refractivity contribution in [2.24, 2.45) is 5.73 Å². The highest BCUT2D eigenvalue weighted by Gasteiger charge is 2.12. The zero-order valence-corrected chi connectivity index (χ0v) is 9.63. The molecule has 0 radical (unpaired) electrons. The van der Waals surface area contributed by atoms with E-state index in [1.54, 1.807) is 19.2 Å². The first-order valence-electron chi connectivity index (χ1n) is 5.40. The van der Waals surface area contributed by atoms with E-state index in [-0.39, 0.29) is 11.8 Å². The van der Waals surface area contributed by atoms with Crippen LogP contribution in [0.25, 0.3) is 0 Å². The Morgan fingerprint density at radius 2 is 1.88 bits per heavy atom. The van der Waals surface area contributed by atoms with Crippen molar-refractivity contribution in [1.82, 2.24) is 0 Å². The van der Waals surface area contributed by atoms with Crippen LogP contribution in [0.5, 0.6) is 11.5 Å². The number of aromatic hydroxyl groups is 1. The largest absolute Gasteiger partial charge is 0.508 e. The van der Waals surface area contributed by atoms with Crippen molar-refractivity contribution in [3.05, 3.63) is 59.7 Å². The van der Waals surface area contributed by atoms with E-state index in [0.717, 1.165) is 11.3 Å². The van der Waals surface area contributed by atoms with Crippen LogP contribution >= 0.6 is 0 Å². The molecule has 0 bridgehead atoms. The zero-order valence-electron chi connectivity index (χ0n) is 9.63. The van der Waals surface area contributed by atoms with E-state index in [2.05, 4.69) is 0 Å². The molecule has 0 fully saturated rings. The molecular formula is C14H15NO2. The maximum absolute atomic E-state index is 9.76. The standard InChI is InChI=1S/C14H15NO2/c1-17-11-6-4-5-10(9-11)14(15)12-7-2-3-8-13(12)16/h2-9,14,16H,15H2,1H3/t14-/m0/s1. The minimum absolute atomic E-state index is 0.211. The molecular weight excluding hydrogens is 214 g/mol. The summed E-state index contributed by atoms with van der Waals surface area (Å²) in [6.07, 6.45) is 0. The lowest BCUT2D eigenvalue weighted by Crippen LogP contribution is -2.11. The number of rotatable bonds is 3. The van der Waals surface area contributed by atoms with Crippen molar-refractivity contribution in [1.29, 1.82) is 0 Å². The van der Waals surface area contributed by atoms with E-state index >= 15 is 0 Å². The number of nitrogens with two attached hydrogens (primary N) is 1. The molecule has 0 aliphatic rings. The van der Waals surface area contributed by atoms with Gasteiger partial charge in [-0.05, 0) is 23.8 Å². The Labute approximate surface area is 100 Å². The van der Waals surface area contributed by atoms with Crippen LogP contribution in [-0.4, -0.2) is 12.2 Å². The van der Waals surface area contributed by atoms with Crippen LogP contribution in [0, 0.1) is 0 Å². The molecule has 3 nitrogen and oxygen atoms in total. The van der Waals surface area contributed by atoms with Gasteiger partial charge in [0.1, 0.15) is 11.5 Å². The van der Waals surface area contributed by atoms with Gasteiger partial charge in [0, 0.05) is 5.56 Å². The second-order valence-corrected chi connectivity index (χ2v) is 3.81. The first-order valence-corrected chi connectivity index (χ1v) is 5.40. The van der Waals surface area contributed by atoms with Crippen molar-refractivity contribution in [2.45, 2.75) is 6.04 Å². The summed E-state index contributed by atoms with van der Waals surface area (Å²) in [4.78, 5) is 0. The van der Waals surface area contributed by atoms with Gasteiger partial charge in [0.2, 0.25) is 0 Å². The molecule has 0 heterocycles. The molecule has 0 aromatic heterocycles. The summed E-state index contributed by atoms with van der Waals surface area (Å²) in [6, 6.07) is 14.3. The molecule has 3 heteroatoms. The van der Waals surface area contributed by atoms with Crippen molar-refractivity contribution < 1.29 is 9.84 Å². The molecule has 88 valence electrons. The van der Waals surface area contributed by atoms with Crippen LogP contribution in [-0.2, 0) is 0 Å². The van der Waals surface area contributed by atoms with Crippen LogP contribution in [0.2, 0.25) is 0 Å². The Kier molecular flexibility index (Phi) is 3.30. The normalized spacial score (nSPS) is 12.1. The number of para-hydroxylation sites is 1. The van der Waals surface area contributed by atoms with E-state index < -0.39 is 0 Å². The van der Waals surface area contributed by atoms with Gasteiger partial charge in [0.05, 0.1) is 13.2 Å². The van der Waals surface area contributed by atoms with Crippen LogP contribution in [0.15, 0.2) is 48.5 Å². The summed E-state index contributed by atoms with van der Waals surface area (Å²) in [6.45, 7) is 0. The lowest BCUT2D eigenvalue weighted by molar-refractivity contribution is 0.414. The van der Waals surface area contributed by atoms with Gasteiger partial charge in [0.15, 0.2) is 0 Å². The van der Waals surface area contributed by atoms with Crippen LogP contribution < -0.4 is 10.5 Å². The quantitative estimate of drug-likeness (QED) is 0.850. The van der Waals surface area contributed by atoms with Crippen LogP contribution in [0.1, 0.15) is 17.2 Å².